The third kappa shape index (κ3) is 2.36. The Bertz CT molecular complexity index is 496. The molecule has 5 heteroatoms. The van der Waals surface area contributed by atoms with E-state index in [9.17, 15) is 4.39 Å². The average molecular weight is 222 g/mol. The van der Waals surface area contributed by atoms with Crippen molar-refractivity contribution in [2.24, 2.45) is 0 Å². The molecule has 0 unspecified atom stereocenters. The summed E-state index contributed by atoms with van der Waals surface area (Å²) in [5, 5.41) is 3.67. The van der Waals surface area contributed by atoms with Crippen molar-refractivity contribution in [1.82, 2.24) is 10.1 Å². The van der Waals surface area contributed by atoms with Crippen LogP contribution in [-0.4, -0.2) is 10.1 Å². The van der Waals surface area contributed by atoms with Gasteiger partial charge in [0.15, 0.2) is 6.61 Å². The minimum atomic E-state index is -0.290. The number of nitrogens with zero attached hydrogens (tertiary/aromatic N) is 2. The van der Waals surface area contributed by atoms with Gasteiger partial charge >= 0.3 is 0 Å². The lowest BCUT2D eigenvalue weighted by molar-refractivity contribution is 0.284. The molecule has 0 aliphatic carbocycles. The molecule has 0 aliphatic rings. The van der Waals surface area contributed by atoms with E-state index in [0.717, 1.165) is 0 Å². The first-order chi connectivity index (χ1) is 7.65. The summed E-state index contributed by atoms with van der Waals surface area (Å²) in [5.74, 6) is 1.08. The Balaban J connectivity index is 2.02. The smallest absolute Gasteiger partial charge is 0.223 e. The fourth-order valence-corrected chi connectivity index (χ4v) is 1.21. The Morgan fingerprint density at radius 3 is 2.81 bits per heavy atom. The molecule has 84 valence electrons. The van der Waals surface area contributed by atoms with Gasteiger partial charge in [0.1, 0.15) is 11.6 Å². The molecule has 1 heterocycles. The van der Waals surface area contributed by atoms with E-state index in [1.165, 1.54) is 6.07 Å². The van der Waals surface area contributed by atoms with Gasteiger partial charge in [0.05, 0.1) is 0 Å². The number of ether oxygens (including phenoxy) is 1. The molecule has 4 nitrogen and oxygen atoms in total. The molecule has 2 rings (SSSR count). The van der Waals surface area contributed by atoms with Crippen molar-refractivity contribution in [2.75, 3.05) is 0 Å². The molecular formula is C11H11FN2O2. The van der Waals surface area contributed by atoms with E-state index in [1.54, 1.807) is 26.0 Å². The number of aromatic nitrogens is 2. The van der Waals surface area contributed by atoms with Crippen LogP contribution in [0.25, 0.3) is 0 Å². The zero-order chi connectivity index (χ0) is 11.5. The standard InChI is InChI=1S/C11H11FN2O2/c1-7-3-4-9(5-10(7)12)15-6-11-13-8(2)16-14-11/h3-5H,6H2,1-2H3. The molecule has 1 aromatic carbocycles. The van der Waals surface area contributed by atoms with Crippen LogP contribution in [0.15, 0.2) is 22.7 Å². The highest BCUT2D eigenvalue weighted by Crippen LogP contribution is 2.16. The van der Waals surface area contributed by atoms with Crippen LogP contribution < -0.4 is 4.74 Å². The summed E-state index contributed by atoms with van der Waals surface area (Å²) < 4.78 is 23.3. The van der Waals surface area contributed by atoms with Crippen LogP contribution >= 0.6 is 0 Å². The molecule has 0 radical (unpaired) electrons. The first-order valence-electron chi connectivity index (χ1n) is 4.83. The third-order valence-electron chi connectivity index (χ3n) is 2.08. The summed E-state index contributed by atoms with van der Waals surface area (Å²) in [6.45, 7) is 3.56. The molecule has 16 heavy (non-hydrogen) atoms. The first kappa shape index (κ1) is 10.6. The zero-order valence-electron chi connectivity index (χ0n) is 9.03. The molecule has 0 atom stereocenters. The van der Waals surface area contributed by atoms with E-state index in [1.807, 2.05) is 0 Å². The van der Waals surface area contributed by atoms with Crippen molar-refractivity contribution >= 4 is 0 Å². The van der Waals surface area contributed by atoms with Gasteiger partial charge in [-0.05, 0) is 18.6 Å². The molecule has 0 spiro atoms. The molecule has 0 N–H and O–H groups in total. The Morgan fingerprint density at radius 1 is 1.38 bits per heavy atom. The summed E-state index contributed by atoms with van der Waals surface area (Å²) in [6, 6.07) is 4.69. The predicted molar refractivity (Wildman–Crippen MR) is 54.5 cm³/mol. The first-order valence-corrected chi connectivity index (χ1v) is 4.83. The number of halogens is 1. The summed E-state index contributed by atoms with van der Waals surface area (Å²) in [5.41, 5.74) is 0.586. The topological polar surface area (TPSA) is 48.2 Å². The molecule has 0 saturated heterocycles. The van der Waals surface area contributed by atoms with Crippen LogP contribution in [0, 0.1) is 19.7 Å². The van der Waals surface area contributed by atoms with E-state index < -0.39 is 0 Å². The van der Waals surface area contributed by atoms with Crippen LogP contribution in [0.1, 0.15) is 17.3 Å². The van der Waals surface area contributed by atoms with E-state index in [0.29, 0.717) is 23.0 Å². The maximum atomic E-state index is 13.2. The third-order valence-corrected chi connectivity index (χ3v) is 2.08. The van der Waals surface area contributed by atoms with Crippen LogP contribution in [0.2, 0.25) is 0 Å². The Hall–Kier alpha value is -1.91. The molecule has 0 aliphatic heterocycles. The minimum Gasteiger partial charge on any atom is -0.485 e. The lowest BCUT2D eigenvalue weighted by Crippen LogP contribution is -1.98. The van der Waals surface area contributed by atoms with Crippen LogP contribution in [0.3, 0.4) is 0 Å². The predicted octanol–water partition coefficient (Wildman–Crippen LogP) is 2.40. The second kappa shape index (κ2) is 4.30. The van der Waals surface area contributed by atoms with Gasteiger partial charge in [-0.3, -0.25) is 0 Å². The average Bonchev–Trinajstić information content (AvgIpc) is 2.66. The van der Waals surface area contributed by atoms with E-state index in [2.05, 4.69) is 10.1 Å². The summed E-state index contributed by atoms with van der Waals surface area (Å²) in [4.78, 5) is 3.97. The largest absolute Gasteiger partial charge is 0.485 e. The molecule has 0 amide bonds. The molecule has 0 saturated carbocycles. The number of aryl methyl sites for hydroxylation is 2. The molecule has 1 aromatic heterocycles. The number of hydrogen-bond acceptors (Lipinski definition) is 4. The minimum absolute atomic E-state index is 0.167. The van der Waals surface area contributed by atoms with Gasteiger partial charge in [-0.25, -0.2) is 4.39 Å². The van der Waals surface area contributed by atoms with Gasteiger partial charge in [-0.15, -0.1) is 0 Å². The number of rotatable bonds is 3. The molecular weight excluding hydrogens is 211 g/mol. The van der Waals surface area contributed by atoms with Crippen molar-refractivity contribution in [1.29, 1.82) is 0 Å². The van der Waals surface area contributed by atoms with Gasteiger partial charge in [-0.2, -0.15) is 4.98 Å². The van der Waals surface area contributed by atoms with E-state index in [4.69, 9.17) is 9.26 Å². The van der Waals surface area contributed by atoms with Gasteiger partial charge < -0.3 is 9.26 Å². The summed E-state index contributed by atoms with van der Waals surface area (Å²) in [7, 11) is 0. The Morgan fingerprint density at radius 2 is 2.19 bits per heavy atom. The second-order valence-corrected chi connectivity index (χ2v) is 3.43. The SMILES string of the molecule is Cc1nc(COc2ccc(C)c(F)c2)no1. The van der Waals surface area contributed by atoms with Crippen molar-refractivity contribution < 1.29 is 13.7 Å². The quantitative estimate of drug-likeness (QED) is 0.800. The number of benzene rings is 1. The fourth-order valence-electron chi connectivity index (χ4n) is 1.21. The van der Waals surface area contributed by atoms with E-state index in [-0.39, 0.29) is 12.4 Å². The van der Waals surface area contributed by atoms with Crippen LogP contribution in [0.4, 0.5) is 4.39 Å². The van der Waals surface area contributed by atoms with Crippen molar-refractivity contribution in [3.8, 4) is 5.75 Å². The highest BCUT2D eigenvalue weighted by atomic mass is 19.1. The van der Waals surface area contributed by atoms with Gasteiger partial charge in [0.25, 0.3) is 0 Å². The highest BCUT2D eigenvalue weighted by Gasteiger charge is 2.04. The normalized spacial score (nSPS) is 10.4. The second-order valence-electron chi connectivity index (χ2n) is 3.43. The Kier molecular flexibility index (Phi) is 2.85. The zero-order valence-corrected chi connectivity index (χ0v) is 9.03. The maximum absolute atomic E-state index is 13.2. The van der Waals surface area contributed by atoms with Gasteiger partial charge in [-0.1, -0.05) is 11.2 Å². The summed E-state index contributed by atoms with van der Waals surface area (Å²) >= 11 is 0. The van der Waals surface area contributed by atoms with Crippen LogP contribution in [0.5, 0.6) is 5.75 Å². The van der Waals surface area contributed by atoms with Crippen molar-refractivity contribution in [3.05, 3.63) is 41.3 Å². The highest BCUT2D eigenvalue weighted by molar-refractivity contribution is 5.27. The van der Waals surface area contributed by atoms with Gasteiger partial charge in [0, 0.05) is 13.0 Å². The fraction of sp³-hybridized carbons (Fsp3) is 0.273. The van der Waals surface area contributed by atoms with Crippen molar-refractivity contribution in [3.63, 3.8) is 0 Å². The van der Waals surface area contributed by atoms with E-state index >= 15 is 0 Å². The lowest BCUT2D eigenvalue weighted by atomic mass is 10.2. The van der Waals surface area contributed by atoms with Gasteiger partial charge in [0.2, 0.25) is 11.7 Å². The molecule has 0 bridgehead atoms. The monoisotopic (exact) mass is 222 g/mol. The number of hydrogen-bond donors (Lipinski definition) is 0. The molecule has 0 fully saturated rings. The Labute approximate surface area is 92.0 Å². The maximum Gasteiger partial charge on any atom is 0.223 e. The molecule has 2 aromatic rings. The summed E-state index contributed by atoms with van der Waals surface area (Å²) in [6.07, 6.45) is 0. The lowest BCUT2D eigenvalue weighted by Gasteiger charge is -2.04. The van der Waals surface area contributed by atoms with Crippen LogP contribution in [-0.2, 0) is 6.61 Å². The van der Waals surface area contributed by atoms with Crippen molar-refractivity contribution in [2.45, 2.75) is 20.5 Å².